The summed E-state index contributed by atoms with van der Waals surface area (Å²) < 4.78 is 8.73. The van der Waals surface area contributed by atoms with Gasteiger partial charge in [0.1, 0.15) is 12.4 Å². The van der Waals surface area contributed by atoms with E-state index in [1.165, 1.54) is 27.1 Å². The van der Waals surface area contributed by atoms with E-state index in [0.29, 0.717) is 12.5 Å². The number of hydrogen-bond acceptors (Lipinski definition) is 3. The third kappa shape index (κ3) is 6.17. The molecule has 2 aromatic heterocycles. The summed E-state index contributed by atoms with van der Waals surface area (Å²) in [6, 6.07) is 20.6. The van der Waals surface area contributed by atoms with Gasteiger partial charge in [0.25, 0.3) is 0 Å². The minimum Gasteiger partial charge on any atom is -0.487 e. The third-order valence-electron chi connectivity index (χ3n) is 5.47. The Balaban J connectivity index is 1.79. The highest BCUT2D eigenvalue weighted by Gasteiger charge is 2.24. The van der Waals surface area contributed by atoms with Crippen LogP contribution in [-0.2, 0) is 19.6 Å². The van der Waals surface area contributed by atoms with Crippen molar-refractivity contribution in [2.24, 2.45) is 5.92 Å². The summed E-state index contributed by atoms with van der Waals surface area (Å²) in [5, 5.41) is 2.02. The number of thioether (sulfide) groups is 1. The van der Waals surface area contributed by atoms with Crippen molar-refractivity contribution in [1.82, 2.24) is 9.55 Å². The van der Waals surface area contributed by atoms with Crippen molar-refractivity contribution in [3.8, 4) is 5.75 Å². The van der Waals surface area contributed by atoms with E-state index in [2.05, 4.69) is 74.5 Å². The van der Waals surface area contributed by atoms with E-state index in [1.54, 1.807) is 6.20 Å². The zero-order valence-corrected chi connectivity index (χ0v) is 22.2. The fourth-order valence-electron chi connectivity index (χ4n) is 4.05. The Bertz CT molecular complexity index is 1240. The Labute approximate surface area is 212 Å². The number of rotatable bonds is 8. The Morgan fingerprint density at radius 2 is 1.79 bits per heavy atom. The van der Waals surface area contributed by atoms with Crippen LogP contribution in [0.3, 0.4) is 0 Å². The summed E-state index contributed by atoms with van der Waals surface area (Å²) in [7, 11) is 0. The highest BCUT2D eigenvalue weighted by Crippen LogP contribution is 2.43. The number of nitrogens with zero attached hydrogens (tertiary/aromatic N) is 2. The van der Waals surface area contributed by atoms with Crippen molar-refractivity contribution in [3.05, 3.63) is 88.8 Å². The molecule has 0 fully saturated rings. The molecule has 3 nitrogen and oxygen atoms in total. The minimum absolute atomic E-state index is 0.0932. The van der Waals surface area contributed by atoms with Crippen LogP contribution in [0.15, 0.2) is 71.8 Å². The van der Waals surface area contributed by atoms with Gasteiger partial charge >= 0.3 is 0 Å². The molecule has 0 spiro atoms. The summed E-state index contributed by atoms with van der Waals surface area (Å²) in [6.45, 7) is 12.7. The van der Waals surface area contributed by atoms with E-state index in [-0.39, 0.29) is 4.75 Å². The van der Waals surface area contributed by atoms with E-state index in [4.69, 9.17) is 16.3 Å². The molecule has 5 heteroatoms. The molecule has 0 aliphatic heterocycles. The van der Waals surface area contributed by atoms with Crippen LogP contribution in [0.5, 0.6) is 5.75 Å². The van der Waals surface area contributed by atoms with Gasteiger partial charge in [-0.15, -0.1) is 11.8 Å². The number of ether oxygens (including phenoxy) is 1. The lowest BCUT2D eigenvalue weighted by molar-refractivity contribution is 0.301. The topological polar surface area (TPSA) is 27.1 Å². The molecule has 2 aromatic carbocycles. The minimum atomic E-state index is 0.0932. The van der Waals surface area contributed by atoms with Crippen LogP contribution in [0, 0.1) is 5.92 Å². The molecule has 0 unspecified atom stereocenters. The maximum Gasteiger partial charge on any atom is 0.130 e. The standard InChI is InChI=1S/C29H33ClN2OS/c1-20(2)16-27-28(34-29(3,4)5)25-17-24(33-19-23-8-6-7-15-31-23)13-14-26(25)32(27)18-21-9-11-22(30)12-10-21/h6-15,17,20H,16,18-19H2,1-5H3. The molecule has 0 aliphatic rings. The van der Waals surface area contributed by atoms with Crippen LogP contribution in [0.2, 0.25) is 5.02 Å². The largest absolute Gasteiger partial charge is 0.487 e. The smallest absolute Gasteiger partial charge is 0.130 e. The van der Waals surface area contributed by atoms with E-state index < -0.39 is 0 Å². The highest BCUT2D eigenvalue weighted by molar-refractivity contribution is 8.00. The molecule has 178 valence electrons. The van der Waals surface area contributed by atoms with E-state index in [1.807, 2.05) is 42.1 Å². The average molecular weight is 493 g/mol. The Morgan fingerprint density at radius 1 is 1.03 bits per heavy atom. The SMILES string of the molecule is CC(C)Cc1c(SC(C)(C)C)c2cc(OCc3ccccn3)ccc2n1Cc1ccc(Cl)cc1. The fraction of sp³-hybridized carbons (Fsp3) is 0.345. The molecule has 0 saturated heterocycles. The molecule has 0 saturated carbocycles. The first-order valence-corrected chi connectivity index (χ1v) is 13.0. The highest BCUT2D eigenvalue weighted by atomic mass is 35.5. The van der Waals surface area contributed by atoms with Crippen molar-refractivity contribution >= 4 is 34.3 Å². The quantitative estimate of drug-likeness (QED) is 0.231. The number of pyridine rings is 1. The molecule has 0 radical (unpaired) electrons. The van der Waals surface area contributed by atoms with Crippen LogP contribution in [0.25, 0.3) is 10.9 Å². The van der Waals surface area contributed by atoms with Gasteiger partial charge in [0, 0.05) is 44.0 Å². The van der Waals surface area contributed by atoms with Gasteiger partial charge in [0.15, 0.2) is 0 Å². The number of hydrogen-bond donors (Lipinski definition) is 0. The summed E-state index contributed by atoms with van der Waals surface area (Å²) in [4.78, 5) is 5.74. The predicted octanol–water partition coefficient (Wildman–Crippen LogP) is 8.41. The molecule has 0 N–H and O–H groups in total. The van der Waals surface area contributed by atoms with Crippen LogP contribution in [0.1, 0.15) is 51.6 Å². The van der Waals surface area contributed by atoms with Gasteiger partial charge in [0.2, 0.25) is 0 Å². The van der Waals surface area contributed by atoms with Crippen LogP contribution >= 0.6 is 23.4 Å². The second kappa shape index (κ2) is 10.5. The van der Waals surface area contributed by atoms with Gasteiger partial charge in [-0.2, -0.15) is 0 Å². The molecule has 0 aliphatic carbocycles. The van der Waals surface area contributed by atoms with E-state index in [9.17, 15) is 0 Å². The van der Waals surface area contributed by atoms with Crippen LogP contribution in [0.4, 0.5) is 0 Å². The van der Waals surface area contributed by atoms with Crippen molar-refractivity contribution in [2.45, 2.75) is 63.8 Å². The zero-order chi connectivity index (χ0) is 24.3. The zero-order valence-electron chi connectivity index (χ0n) is 20.6. The molecule has 0 atom stereocenters. The van der Waals surface area contributed by atoms with Gasteiger partial charge in [-0.1, -0.05) is 64.4 Å². The van der Waals surface area contributed by atoms with Gasteiger partial charge in [-0.3, -0.25) is 4.98 Å². The van der Waals surface area contributed by atoms with Crippen molar-refractivity contribution in [3.63, 3.8) is 0 Å². The molecule has 4 rings (SSSR count). The van der Waals surface area contributed by atoms with Gasteiger partial charge in [-0.25, -0.2) is 0 Å². The second-order valence-electron chi connectivity index (χ2n) is 10.1. The Hall–Kier alpha value is -2.43. The van der Waals surface area contributed by atoms with E-state index >= 15 is 0 Å². The average Bonchev–Trinajstić information content (AvgIpc) is 3.04. The van der Waals surface area contributed by atoms with Crippen LogP contribution in [-0.4, -0.2) is 14.3 Å². The van der Waals surface area contributed by atoms with Gasteiger partial charge in [0.05, 0.1) is 5.69 Å². The normalized spacial score (nSPS) is 12.0. The molecular weight excluding hydrogens is 460 g/mol. The summed E-state index contributed by atoms with van der Waals surface area (Å²) in [5.41, 5.74) is 4.80. The van der Waals surface area contributed by atoms with Crippen molar-refractivity contribution in [1.29, 1.82) is 0 Å². The fourth-order valence-corrected chi connectivity index (χ4v) is 5.37. The van der Waals surface area contributed by atoms with E-state index in [0.717, 1.165) is 29.4 Å². The molecular formula is C29H33ClN2OS. The van der Waals surface area contributed by atoms with Crippen molar-refractivity contribution < 1.29 is 4.74 Å². The summed E-state index contributed by atoms with van der Waals surface area (Å²) in [6.07, 6.45) is 2.82. The first-order valence-electron chi connectivity index (χ1n) is 11.8. The van der Waals surface area contributed by atoms with Gasteiger partial charge < -0.3 is 9.30 Å². The third-order valence-corrected chi connectivity index (χ3v) is 6.99. The second-order valence-corrected chi connectivity index (χ2v) is 12.4. The Morgan fingerprint density at radius 3 is 2.44 bits per heavy atom. The first kappa shape index (κ1) is 24.7. The molecule has 2 heterocycles. The van der Waals surface area contributed by atoms with Crippen molar-refractivity contribution in [2.75, 3.05) is 0 Å². The maximum atomic E-state index is 6.15. The molecule has 4 aromatic rings. The monoisotopic (exact) mass is 492 g/mol. The number of fused-ring (bicyclic) bond motifs is 1. The lowest BCUT2D eigenvalue weighted by Crippen LogP contribution is -2.11. The number of aromatic nitrogens is 2. The Kier molecular flexibility index (Phi) is 7.59. The number of halogens is 1. The molecule has 0 amide bonds. The lowest BCUT2D eigenvalue weighted by Gasteiger charge is -2.20. The lowest BCUT2D eigenvalue weighted by atomic mass is 10.1. The maximum absolute atomic E-state index is 6.15. The first-order chi connectivity index (χ1) is 16.2. The predicted molar refractivity (Wildman–Crippen MR) is 145 cm³/mol. The number of benzene rings is 2. The van der Waals surface area contributed by atoms with Gasteiger partial charge in [-0.05, 0) is 60.4 Å². The summed E-state index contributed by atoms with van der Waals surface area (Å²) in [5.74, 6) is 1.42. The summed E-state index contributed by atoms with van der Waals surface area (Å²) >= 11 is 8.10. The molecule has 0 bridgehead atoms. The van der Waals surface area contributed by atoms with Crippen LogP contribution < -0.4 is 4.74 Å². The molecule has 34 heavy (non-hydrogen) atoms.